The Balaban J connectivity index is 2.08. The van der Waals surface area contributed by atoms with Gasteiger partial charge in [-0.2, -0.15) is 0 Å². The minimum atomic E-state index is -1.58. The molecule has 0 unspecified atom stereocenters. The molecule has 2 aliphatic rings. The predicted octanol–water partition coefficient (Wildman–Crippen LogP) is -4.74. The standard InChI is InChI=1S/C13H24O11/c1-21-13-11(7(18)6(17)5(3-15)22-13)24-12-9(20)8(19)10(23-12)4(16)2-14/h4-20H,2-3H2,1H3/t4-,5-,6-,7+,8-,9-,10+,11+,12-,13+/m1/s1. The molecule has 24 heavy (non-hydrogen) atoms. The molecule has 7 N–H and O–H groups in total. The molecular weight excluding hydrogens is 332 g/mol. The van der Waals surface area contributed by atoms with Gasteiger partial charge in [-0.05, 0) is 0 Å². The maximum absolute atomic E-state index is 10.1. The van der Waals surface area contributed by atoms with E-state index in [-0.39, 0.29) is 0 Å². The van der Waals surface area contributed by atoms with Crippen LogP contribution in [0.4, 0.5) is 0 Å². The molecule has 10 atom stereocenters. The van der Waals surface area contributed by atoms with Crippen molar-refractivity contribution < 1.29 is 54.7 Å². The number of aliphatic hydroxyl groups is 7. The summed E-state index contributed by atoms with van der Waals surface area (Å²) >= 11 is 0. The van der Waals surface area contributed by atoms with Crippen molar-refractivity contribution in [1.82, 2.24) is 0 Å². The van der Waals surface area contributed by atoms with Crippen LogP contribution in [0.25, 0.3) is 0 Å². The lowest BCUT2D eigenvalue weighted by Gasteiger charge is -2.42. The van der Waals surface area contributed by atoms with Crippen molar-refractivity contribution in [1.29, 1.82) is 0 Å². The second-order valence-corrected chi connectivity index (χ2v) is 5.74. The minimum Gasteiger partial charge on any atom is -0.394 e. The molecule has 2 heterocycles. The van der Waals surface area contributed by atoms with Crippen molar-refractivity contribution in [2.75, 3.05) is 20.3 Å². The zero-order valence-electron chi connectivity index (χ0n) is 13.0. The Morgan fingerprint density at radius 1 is 0.917 bits per heavy atom. The fourth-order valence-corrected chi connectivity index (χ4v) is 2.75. The third kappa shape index (κ3) is 3.71. The molecule has 11 nitrogen and oxygen atoms in total. The van der Waals surface area contributed by atoms with Crippen LogP contribution in [-0.2, 0) is 18.9 Å². The van der Waals surface area contributed by atoms with Crippen molar-refractivity contribution in [2.45, 2.75) is 61.4 Å². The third-order valence-electron chi connectivity index (χ3n) is 4.17. The molecule has 0 amide bonds. The number of hydrogen-bond acceptors (Lipinski definition) is 11. The predicted molar refractivity (Wildman–Crippen MR) is 73.4 cm³/mol. The Bertz CT molecular complexity index is 394. The molecule has 0 saturated carbocycles. The van der Waals surface area contributed by atoms with Gasteiger partial charge >= 0.3 is 0 Å². The van der Waals surface area contributed by atoms with Gasteiger partial charge in [-0.3, -0.25) is 0 Å². The van der Waals surface area contributed by atoms with Crippen molar-refractivity contribution >= 4 is 0 Å². The van der Waals surface area contributed by atoms with Crippen LogP contribution in [0.1, 0.15) is 0 Å². The number of ether oxygens (including phenoxy) is 4. The van der Waals surface area contributed by atoms with Gasteiger partial charge in [-0.15, -0.1) is 0 Å². The Morgan fingerprint density at radius 3 is 2.12 bits per heavy atom. The SMILES string of the molecule is CO[C@H]1O[C@H](CO)[C@@H](O)[C@H](O)[C@@H]1O[C@H]1O[C@@H]([C@H](O)CO)[C@H](O)[C@H]1O. The van der Waals surface area contributed by atoms with Gasteiger partial charge < -0.3 is 54.7 Å². The summed E-state index contributed by atoms with van der Waals surface area (Å²) < 4.78 is 20.8. The van der Waals surface area contributed by atoms with Crippen LogP contribution >= 0.6 is 0 Å². The maximum atomic E-state index is 10.1. The first-order valence-electron chi connectivity index (χ1n) is 7.46. The fourth-order valence-electron chi connectivity index (χ4n) is 2.75. The van der Waals surface area contributed by atoms with E-state index in [0.717, 1.165) is 0 Å². The van der Waals surface area contributed by atoms with Crippen LogP contribution < -0.4 is 0 Å². The van der Waals surface area contributed by atoms with Gasteiger partial charge in [0, 0.05) is 7.11 Å². The van der Waals surface area contributed by atoms with E-state index >= 15 is 0 Å². The summed E-state index contributed by atoms with van der Waals surface area (Å²) in [7, 11) is 1.25. The first kappa shape index (κ1) is 19.9. The van der Waals surface area contributed by atoms with Gasteiger partial charge in [0.25, 0.3) is 0 Å². The number of hydrogen-bond donors (Lipinski definition) is 7. The fraction of sp³-hybridized carbons (Fsp3) is 1.00. The van der Waals surface area contributed by atoms with E-state index in [2.05, 4.69) is 0 Å². The molecular formula is C13H24O11. The zero-order chi connectivity index (χ0) is 18.0. The van der Waals surface area contributed by atoms with Crippen LogP contribution in [0.3, 0.4) is 0 Å². The molecule has 2 saturated heterocycles. The van der Waals surface area contributed by atoms with Crippen LogP contribution in [0, 0.1) is 0 Å². The summed E-state index contributed by atoms with van der Waals surface area (Å²) in [6, 6.07) is 0. The van der Waals surface area contributed by atoms with Gasteiger partial charge in [-0.1, -0.05) is 0 Å². The third-order valence-corrected chi connectivity index (χ3v) is 4.17. The molecule has 0 spiro atoms. The van der Waals surface area contributed by atoms with E-state index in [1.807, 2.05) is 0 Å². The summed E-state index contributed by atoms with van der Waals surface area (Å²) in [5.41, 5.74) is 0. The zero-order valence-corrected chi connectivity index (χ0v) is 13.0. The van der Waals surface area contributed by atoms with Gasteiger partial charge in [0.15, 0.2) is 12.6 Å². The highest BCUT2D eigenvalue weighted by atomic mass is 16.8. The van der Waals surface area contributed by atoms with Crippen LogP contribution in [0.15, 0.2) is 0 Å². The molecule has 0 aromatic rings. The molecule has 11 heteroatoms. The topological polar surface area (TPSA) is 179 Å². The molecule has 0 aromatic carbocycles. The van der Waals surface area contributed by atoms with E-state index in [4.69, 9.17) is 29.2 Å². The van der Waals surface area contributed by atoms with Gasteiger partial charge in [0.2, 0.25) is 0 Å². The molecule has 0 radical (unpaired) electrons. The second kappa shape index (κ2) is 8.29. The smallest absolute Gasteiger partial charge is 0.187 e. The Kier molecular flexibility index (Phi) is 6.87. The highest BCUT2D eigenvalue weighted by molar-refractivity contribution is 4.94. The van der Waals surface area contributed by atoms with Crippen LogP contribution in [0.5, 0.6) is 0 Å². The van der Waals surface area contributed by atoms with E-state index in [1.165, 1.54) is 7.11 Å². The number of rotatable bonds is 6. The minimum absolute atomic E-state index is 0.559. The Hall–Kier alpha value is -0.440. The molecule has 0 aromatic heterocycles. The first-order chi connectivity index (χ1) is 11.3. The lowest BCUT2D eigenvalue weighted by Crippen LogP contribution is -2.61. The first-order valence-corrected chi connectivity index (χ1v) is 7.46. The van der Waals surface area contributed by atoms with Crippen molar-refractivity contribution in [3.05, 3.63) is 0 Å². The van der Waals surface area contributed by atoms with E-state index in [9.17, 15) is 25.5 Å². The van der Waals surface area contributed by atoms with Crippen LogP contribution in [-0.4, -0.2) is 117 Å². The molecule has 2 fully saturated rings. The molecule has 2 rings (SSSR count). The molecule has 142 valence electrons. The highest BCUT2D eigenvalue weighted by Gasteiger charge is 2.51. The van der Waals surface area contributed by atoms with E-state index in [1.54, 1.807) is 0 Å². The van der Waals surface area contributed by atoms with E-state index in [0.29, 0.717) is 0 Å². The molecule has 0 aliphatic carbocycles. The number of methoxy groups -OCH3 is 1. The largest absolute Gasteiger partial charge is 0.394 e. The van der Waals surface area contributed by atoms with Crippen molar-refractivity contribution in [2.24, 2.45) is 0 Å². The lowest BCUT2D eigenvalue weighted by molar-refractivity contribution is -0.333. The lowest BCUT2D eigenvalue weighted by atomic mass is 9.99. The number of aliphatic hydroxyl groups excluding tert-OH is 7. The van der Waals surface area contributed by atoms with Gasteiger partial charge in [-0.25, -0.2) is 0 Å². The summed E-state index contributed by atoms with van der Waals surface area (Å²) in [5, 5.41) is 67.4. The summed E-state index contributed by atoms with van der Waals surface area (Å²) in [6.07, 6.45) is -13.9. The summed E-state index contributed by atoms with van der Waals surface area (Å²) in [6.45, 7) is -1.26. The molecule has 0 bridgehead atoms. The average Bonchev–Trinajstić information content (AvgIpc) is 2.87. The van der Waals surface area contributed by atoms with Gasteiger partial charge in [0.1, 0.15) is 48.8 Å². The van der Waals surface area contributed by atoms with Crippen molar-refractivity contribution in [3.8, 4) is 0 Å². The quantitative estimate of drug-likeness (QED) is 0.243. The highest BCUT2D eigenvalue weighted by Crippen LogP contribution is 2.30. The van der Waals surface area contributed by atoms with E-state index < -0.39 is 74.6 Å². The normalized spacial score (nSPS) is 47.8. The molecule has 2 aliphatic heterocycles. The summed E-state index contributed by atoms with van der Waals surface area (Å²) in [4.78, 5) is 0. The average molecular weight is 356 g/mol. The summed E-state index contributed by atoms with van der Waals surface area (Å²) in [5.74, 6) is 0. The Labute approximate surface area is 137 Å². The van der Waals surface area contributed by atoms with Crippen molar-refractivity contribution in [3.63, 3.8) is 0 Å². The van der Waals surface area contributed by atoms with Gasteiger partial charge in [0.05, 0.1) is 13.2 Å². The monoisotopic (exact) mass is 356 g/mol. The van der Waals surface area contributed by atoms with Crippen LogP contribution in [0.2, 0.25) is 0 Å². The Morgan fingerprint density at radius 2 is 1.58 bits per heavy atom. The maximum Gasteiger partial charge on any atom is 0.187 e. The second-order valence-electron chi connectivity index (χ2n) is 5.74.